The summed E-state index contributed by atoms with van der Waals surface area (Å²) in [6, 6.07) is 7.98. The molecule has 1 fully saturated rings. The lowest BCUT2D eigenvalue weighted by atomic mass is 9.99. The molecule has 2 rings (SSSR count). The Hall–Kier alpha value is -0.570. The molecule has 17 heavy (non-hydrogen) atoms. The maximum absolute atomic E-state index is 6.26. The van der Waals surface area contributed by atoms with Crippen LogP contribution in [-0.4, -0.2) is 18.8 Å². The highest BCUT2D eigenvalue weighted by molar-refractivity contribution is 6.30. The Morgan fingerprint density at radius 3 is 2.82 bits per heavy atom. The van der Waals surface area contributed by atoms with Crippen LogP contribution in [0.4, 0.5) is 0 Å². The van der Waals surface area contributed by atoms with Crippen LogP contribution in [0.5, 0.6) is 0 Å². The predicted molar refractivity (Wildman–Crippen MR) is 71.3 cm³/mol. The van der Waals surface area contributed by atoms with Crippen molar-refractivity contribution in [2.75, 3.05) is 6.61 Å². The maximum Gasteiger partial charge on any atom is 0.0757 e. The minimum atomic E-state index is 0.0703. The van der Waals surface area contributed by atoms with Crippen LogP contribution >= 0.6 is 11.6 Å². The van der Waals surface area contributed by atoms with Gasteiger partial charge >= 0.3 is 0 Å². The second-order valence-electron chi connectivity index (χ2n) is 4.76. The highest BCUT2D eigenvalue weighted by Crippen LogP contribution is 2.36. The van der Waals surface area contributed by atoms with E-state index in [0.717, 1.165) is 18.1 Å². The molecule has 0 aromatic heterocycles. The predicted octanol–water partition coefficient (Wildman–Crippen LogP) is 3.02. The molecule has 0 aliphatic heterocycles. The Morgan fingerprint density at radius 1 is 1.47 bits per heavy atom. The molecule has 1 aromatic carbocycles. The fourth-order valence-corrected chi connectivity index (χ4v) is 2.49. The van der Waals surface area contributed by atoms with E-state index >= 15 is 0 Å². The third kappa shape index (κ3) is 3.70. The van der Waals surface area contributed by atoms with E-state index < -0.39 is 0 Å². The summed E-state index contributed by atoms with van der Waals surface area (Å²) < 4.78 is 5.77. The molecule has 2 nitrogen and oxygen atoms in total. The van der Waals surface area contributed by atoms with Gasteiger partial charge in [0.2, 0.25) is 0 Å². The number of ether oxygens (including phenoxy) is 1. The van der Waals surface area contributed by atoms with Crippen LogP contribution in [0, 0.1) is 5.92 Å². The van der Waals surface area contributed by atoms with Crippen molar-refractivity contribution >= 4 is 11.6 Å². The van der Waals surface area contributed by atoms with Gasteiger partial charge in [-0.3, -0.25) is 0 Å². The molecule has 94 valence electrons. The van der Waals surface area contributed by atoms with Gasteiger partial charge in [-0.2, -0.15) is 0 Å². The van der Waals surface area contributed by atoms with Gasteiger partial charge in [-0.25, -0.2) is 0 Å². The van der Waals surface area contributed by atoms with E-state index in [0.29, 0.717) is 5.92 Å². The Bertz CT molecular complexity index is 365. The van der Waals surface area contributed by atoms with Crippen LogP contribution in [0.1, 0.15) is 25.3 Å². The van der Waals surface area contributed by atoms with E-state index in [1.54, 1.807) is 0 Å². The third-order valence-electron chi connectivity index (χ3n) is 3.23. The zero-order valence-corrected chi connectivity index (χ0v) is 11.0. The fraction of sp³-hybridized carbons (Fsp3) is 0.571. The van der Waals surface area contributed by atoms with Crippen molar-refractivity contribution in [3.63, 3.8) is 0 Å². The normalized spacial score (nSPS) is 19.0. The van der Waals surface area contributed by atoms with Crippen LogP contribution in [-0.2, 0) is 11.2 Å². The summed E-state index contributed by atoms with van der Waals surface area (Å²) in [5.41, 5.74) is 7.45. The van der Waals surface area contributed by atoms with Gasteiger partial charge in [0.15, 0.2) is 0 Å². The summed E-state index contributed by atoms with van der Waals surface area (Å²) in [6.45, 7) is 2.77. The zero-order valence-electron chi connectivity index (χ0n) is 10.2. The van der Waals surface area contributed by atoms with Gasteiger partial charge in [-0.15, -0.1) is 0 Å². The lowest BCUT2D eigenvalue weighted by Gasteiger charge is -2.23. The van der Waals surface area contributed by atoms with Gasteiger partial charge < -0.3 is 10.5 Å². The van der Waals surface area contributed by atoms with Crippen LogP contribution in [0.3, 0.4) is 0 Å². The lowest BCUT2D eigenvalue weighted by molar-refractivity contribution is 0.0288. The fourth-order valence-electron chi connectivity index (χ4n) is 2.28. The minimum Gasteiger partial charge on any atom is -0.377 e. The van der Waals surface area contributed by atoms with Crippen molar-refractivity contribution < 1.29 is 4.74 Å². The molecule has 1 aliphatic rings. The highest BCUT2D eigenvalue weighted by Gasteiger charge is 2.35. The smallest absolute Gasteiger partial charge is 0.0757 e. The van der Waals surface area contributed by atoms with E-state index in [2.05, 4.69) is 6.07 Å². The van der Waals surface area contributed by atoms with Gasteiger partial charge in [0.05, 0.1) is 6.10 Å². The summed E-state index contributed by atoms with van der Waals surface area (Å²) in [5, 5.41) is 0.772. The van der Waals surface area contributed by atoms with Crippen LogP contribution in [0.25, 0.3) is 0 Å². The third-order valence-corrected chi connectivity index (χ3v) is 3.46. The molecule has 0 spiro atoms. The van der Waals surface area contributed by atoms with Crippen molar-refractivity contribution in [1.82, 2.24) is 0 Å². The largest absolute Gasteiger partial charge is 0.377 e. The molecule has 0 saturated heterocycles. The Morgan fingerprint density at radius 2 is 2.24 bits per heavy atom. The van der Waals surface area contributed by atoms with Crippen molar-refractivity contribution in [1.29, 1.82) is 0 Å². The Kier molecular flexibility index (Phi) is 4.43. The Balaban J connectivity index is 1.96. The van der Waals surface area contributed by atoms with Crippen molar-refractivity contribution in [3.8, 4) is 0 Å². The van der Waals surface area contributed by atoms with Gasteiger partial charge in [0.25, 0.3) is 0 Å². The van der Waals surface area contributed by atoms with Gasteiger partial charge in [-0.1, -0.05) is 23.7 Å². The summed E-state index contributed by atoms with van der Waals surface area (Å²) >= 11 is 5.97. The van der Waals surface area contributed by atoms with Gasteiger partial charge in [0, 0.05) is 17.7 Å². The first-order valence-corrected chi connectivity index (χ1v) is 6.70. The van der Waals surface area contributed by atoms with Crippen molar-refractivity contribution in [2.24, 2.45) is 11.7 Å². The number of rotatable bonds is 6. The molecule has 0 radical (unpaired) electrons. The van der Waals surface area contributed by atoms with E-state index in [4.69, 9.17) is 22.1 Å². The number of benzene rings is 1. The highest BCUT2D eigenvalue weighted by atomic mass is 35.5. The lowest BCUT2D eigenvalue weighted by Crippen LogP contribution is -2.40. The monoisotopic (exact) mass is 253 g/mol. The van der Waals surface area contributed by atoms with Crippen LogP contribution in [0.15, 0.2) is 24.3 Å². The number of hydrogen-bond donors (Lipinski definition) is 1. The molecule has 0 bridgehead atoms. The standard InChI is InChI=1S/C14H20ClNO/c1-2-17-14(11-6-7-11)13(16)9-10-4-3-5-12(15)8-10/h3-5,8,11,13-14H,2,6-7,9,16H2,1H3. The van der Waals surface area contributed by atoms with E-state index in [1.165, 1.54) is 18.4 Å². The topological polar surface area (TPSA) is 35.2 Å². The zero-order chi connectivity index (χ0) is 12.3. The molecule has 2 unspecified atom stereocenters. The number of halogens is 1. The van der Waals surface area contributed by atoms with Crippen molar-refractivity contribution in [2.45, 2.75) is 38.3 Å². The van der Waals surface area contributed by atoms with E-state index in [9.17, 15) is 0 Å². The molecule has 1 aliphatic carbocycles. The quantitative estimate of drug-likeness (QED) is 0.846. The first-order chi connectivity index (χ1) is 8.20. The molecule has 2 atom stereocenters. The SMILES string of the molecule is CCOC(C(N)Cc1cccc(Cl)c1)C1CC1. The second-order valence-corrected chi connectivity index (χ2v) is 5.19. The molecular weight excluding hydrogens is 234 g/mol. The van der Waals surface area contributed by atoms with Crippen molar-refractivity contribution in [3.05, 3.63) is 34.9 Å². The molecule has 1 aromatic rings. The average molecular weight is 254 g/mol. The molecular formula is C14H20ClNO. The molecule has 3 heteroatoms. The van der Waals surface area contributed by atoms with Gasteiger partial charge in [0.1, 0.15) is 0 Å². The molecule has 1 saturated carbocycles. The van der Waals surface area contributed by atoms with E-state index in [-0.39, 0.29) is 12.1 Å². The molecule has 0 amide bonds. The first kappa shape index (κ1) is 12.9. The van der Waals surface area contributed by atoms with Crippen LogP contribution in [0.2, 0.25) is 5.02 Å². The Labute approximate surface area is 108 Å². The van der Waals surface area contributed by atoms with Gasteiger partial charge in [-0.05, 0) is 49.8 Å². The van der Waals surface area contributed by atoms with E-state index in [1.807, 2.05) is 25.1 Å². The first-order valence-electron chi connectivity index (χ1n) is 6.32. The summed E-state index contributed by atoms with van der Waals surface area (Å²) in [5.74, 6) is 0.670. The summed E-state index contributed by atoms with van der Waals surface area (Å²) in [4.78, 5) is 0. The number of nitrogens with two attached hydrogens (primary N) is 1. The second kappa shape index (κ2) is 5.85. The van der Waals surface area contributed by atoms with Crippen LogP contribution < -0.4 is 5.73 Å². The maximum atomic E-state index is 6.26. The summed E-state index contributed by atoms with van der Waals surface area (Å²) in [6.07, 6.45) is 3.56. The molecule has 2 N–H and O–H groups in total. The average Bonchev–Trinajstić information content (AvgIpc) is 3.09. The number of hydrogen-bond acceptors (Lipinski definition) is 2. The minimum absolute atomic E-state index is 0.0703. The molecule has 0 heterocycles. The summed E-state index contributed by atoms with van der Waals surface area (Å²) in [7, 11) is 0.